The van der Waals surface area contributed by atoms with E-state index in [4.69, 9.17) is 22.4 Å². The van der Waals surface area contributed by atoms with Crippen LogP contribution in [0.4, 0.5) is 0 Å². The predicted octanol–water partition coefficient (Wildman–Crippen LogP) is -0.0840. The summed E-state index contributed by atoms with van der Waals surface area (Å²) in [5, 5.41) is 11.9. The van der Waals surface area contributed by atoms with Crippen LogP contribution in [0.25, 0.3) is 0 Å². The number of carbonyl (C=O) groups is 2. The van der Waals surface area contributed by atoms with E-state index in [0.717, 1.165) is 0 Å². The van der Waals surface area contributed by atoms with E-state index in [1.54, 1.807) is 18.2 Å². The zero-order chi connectivity index (χ0) is 12.1. The van der Waals surface area contributed by atoms with E-state index in [0.29, 0.717) is 10.6 Å². The van der Waals surface area contributed by atoms with Crippen molar-refractivity contribution in [2.45, 2.75) is 6.10 Å². The average Bonchev–Trinajstić information content (AvgIpc) is 2.25. The maximum absolute atomic E-state index is 11.5. The van der Waals surface area contributed by atoms with Crippen molar-refractivity contribution in [2.24, 2.45) is 5.73 Å². The van der Waals surface area contributed by atoms with Crippen molar-refractivity contribution in [1.29, 1.82) is 0 Å². The third kappa shape index (κ3) is 3.52. The standard InChI is InChI=1S/C10H11ClN2O3/c11-7-3-1-2-6(4-7)10(16)13-5-8(14)9(12)15/h1-4,8,14H,5H2,(H2,12,15)(H,13,16). The minimum atomic E-state index is -1.39. The summed E-state index contributed by atoms with van der Waals surface area (Å²) in [5.74, 6) is -1.31. The van der Waals surface area contributed by atoms with Gasteiger partial charge in [0.25, 0.3) is 5.91 Å². The molecule has 0 saturated carbocycles. The second-order valence-electron chi connectivity index (χ2n) is 3.14. The summed E-state index contributed by atoms with van der Waals surface area (Å²) in [5.41, 5.74) is 5.17. The Bertz CT molecular complexity index is 409. The largest absolute Gasteiger partial charge is 0.381 e. The summed E-state index contributed by atoms with van der Waals surface area (Å²) < 4.78 is 0. The zero-order valence-corrected chi connectivity index (χ0v) is 9.07. The van der Waals surface area contributed by atoms with E-state index >= 15 is 0 Å². The van der Waals surface area contributed by atoms with Crippen LogP contribution < -0.4 is 11.1 Å². The molecule has 16 heavy (non-hydrogen) atoms. The second-order valence-corrected chi connectivity index (χ2v) is 3.57. The lowest BCUT2D eigenvalue weighted by Gasteiger charge is -2.08. The topological polar surface area (TPSA) is 92.4 Å². The molecule has 0 bridgehead atoms. The van der Waals surface area contributed by atoms with Crippen molar-refractivity contribution in [1.82, 2.24) is 5.32 Å². The summed E-state index contributed by atoms with van der Waals surface area (Å²) >= 11 is 5.70. The number of nitrogens with two attached hydrogens (primary N) is 1. The van der Waals surface area contributed by atoms with E-state index in [-0.39, 0.29) is 6.54 Å². The van der Waals surface area contributed by atoms with Crippen LogP contribution >= 0.6 is 11.6 Å². The van der Waals surface area contributed by atoms with Crippen molar-refractivity contribution in [3.05, 3.63) is 34.9 Å². The van der Waals surface area contributed by atoms with Crippen LogP contribution in [0.15, 0.2) is 24.3 Å². The number of primary amides is 1. The predicted molar refractivity (Wildman–Crippen MR) is 59.0 cm³/mol. The Kier molecular flexibility index (Phi) is 4.28. The van der Waals surface area contributed by atoms with Gasteiger partial charge in [-0.1, -0.05) is 17.7 Å². The molecule has 1 unspecified atom stereocenters. The number of carbonyl (C=O) groups excluding carboxylic acids is 2. The number of nitrogens with one attached hydrogen (secondary N) is 1. The van der Waals surface area contributed by atoms with Crippen LogP contribution in [-0.2, 0) is 4.79 Å². The van der Waals surface area contributed by atoms with Crippen LogP contribution in [0.3, 0.4) is 0 Å². The minimum Gasteiger partial charge on any atom is -0.381 e. The van der Waals surface area contributed by atoms with Crippen LogP contribution in [0.5, 0.6) is 0 Å². The van der Waals surface area contributed by atoms with E-state index in [1.807, 2.05) is 0 Å². The molecule has 0 saturated heterocycles. The number of halogens is 1. The molecule has 2 amide bonds. The Morgan fingerprint density at radius 1 is 1.50 bits per heavy atom. The molecule has 0 fully saturated rings. The normalized spacial score (nSPS) is 11.9. The number of rotatable bonds is 4. The number of aliphatic hydroxyl groups is 1. The lowest BCUT2D eigenvalue weighted by Crippen LogP contribution is -2.39. The lowest BCUT2D eigenvalue weighted by atomic mass is 10.2. The maximum Gasteiger partial charge on any atom is 0.251 e. The van der Waals surface area contributed by atoms with Gasteiger partial charge in [0.2, 0.25) is 5.91 Å². The van der Waals surface area contributed by atoms with Gasteiger partial charge >= 0.3 is 0 Å². The van der Waals surface area contributed by atoms with Gasteiger partial charge in [-0.3, -0.25) is 9.59 Å². The van der Waals surface area contributed by atoms with Crippen LogP contribution in [0.1, 0.15) is 10.4 Å². The van der Waals surface area contributed by atoms with Crippen LogP contribution in [-0.4, -0.2) is 29.6 Å². The van der Waals surface area contributed by atoms with Gasteiger partial charge in [-0.25, -0.2) is 0 Å². The smallest absolute Gasteiger partial charge is 0.251 e. The van der Waals surface area contributed by atoms with Gasteiger partial charge in [-0.2, -0.15) is 0 Å². The molecule has 6 heteroatoms. The first kappa shape index (κ1) is 12.5. The number of hydrogen-bond donors (Lipinski definition) is 3. The molecule has 0 aliphatic carbocycles. The first-order valence-corrected chi connectivity index (χ1v) is 4.89. The fourth-order valence-electron chi connectivity index (χ4n) is 1.02. The Hall–Kier alpha value is -1.59. The zero-order valence-electron chi connectivity index (χ0n) is 8.31. The van der Waals surface area contributed by atoms with Gasteiger partial charge < -0.3 is 16.2 Å². The van der Waals surface area contributed by atoms with E-state index < -0.39 is 17.9 Å². The van der Waals surface area contributed by atoms with Gasteiger partial charge in [0.15, 0.2) is 0 Å². The number of aliphatic hydroxyl groups excluding tert-OH is 1. The Balaban J connectivity index is 2.56. The molecule has 1 rings (SSSR count). The highest BCUT2D eigenvalue weighted by Gasteiger charge is 2.13. The summed E-state index contributed by atoms with van der Waals surface area (Å²) in [7, 11) is 0. The highest BCUT2D eigenvalue weighted by Crippen LogP contribution is 2.10. The molecule has 1 aromatic carbocycles. The Morgan fingerprint density at radius 2 is 2.19 bits per heavy atom. The maximum atomic E-state index is 11.5. The minimum absolute atomic E-state index is 0.222. The summed E-state index contributed by atoms with van der Waals surface area (Å²) in [6, 6.07) is 6.31. The summed E-state index contributed by atoms with van der Waals surface area (Å²) in [6.45, 7) is -0.222. The third-order valence-corrected chi connectivity index (χ3v) is 2.11. The highest BCUT2D eigenvalue weighted by molar-refractivity contribution is 6.30. The number of benzene rings is 1. The van der Waals surface area contributed by atoms with Crippen molar-refractivity contribution in [3.63, 3.8) is 0 Å². The SMILES string of the molecule is NC(=O)C(O)CNC(=O)c1cccc(Cl)c1. The number of hydrogen-bond acceptors (Lipinski definition) is 3. The van der Waals surface area contributed by atoms with E-state index in [9.17, 15) is 9.59 Å². The van der Waals surface area contributed by atoms with Crippen LogP contribution in [0.2, 0.25) is 5.02 Å². The quantitative estimate of drug-likeness (QED) is 0.689. The average molecular weight is 243 g/mol. The van der Waals surface area contributed by atoms with Crippen LogP contribution in [0, 0.1) is 0 Å². The van der Waals surface area contributed by atoms with E-state index in [2.05, 4.69) is 5.32 Å². The molecular formula is C10H11ClN2O3. The molecule has 0 spiro atoms. The fraction of sp³-hybridized carbons (Fsp3) is 0.200. The van der Waals surface area contributed by atoms with Gasteiger partial charge in [-0.05, 0) is 18.2 Å². The molecule has 0 heterocycles. The van der Waals surface area contributed by atoms with E-state index in [1.165, 1.54) is 6.07 Å². The number of amides is 2. The Labute approximate surface area is 97.2 Å². The molecular weight excluding hydrogens is 232 g/mol. The van der Waals surface area contributed by atoms with Crippen molar-refractivity contribution in [2.75, 3.05) is 6.54 Å². The van der Waals surface area contributed by atoms with Gasteiger partial charge in [0.1, 0.15) is 6.10 Å². The molecule has 1 aromatic rings. The highest BCUT2D eigenvalue weighted by atomic mass is 35.5. The fourth-order valence-corrected chi connectivity index (χ4v) is 1.21. The molecule has 86 valence electrons. The summed E-state index contributed by atoms with van der Waals surface area (Å²) in [6.07, 6.45) is -1.39. The molecule has 5 nitrogen and oxygen atoms in total. The Morgan fingerprint density at radius 3 is 2.75 bits per heavy atom. The molecule has 0 aliphatic rings. The molecule has 0 aliphatic heterocycles. The molecule has 0 radical (unpaired) electrons. The third-order valence-electron chi connectivity index (χ3n) is 1.87. The van der Waals surface area contributed by atoms with Gasteiger partial charge in [-0.15, -0.1) is 0 Å². The van der Waals surface area contributed by atoms with Crippen molar-refractivity contribution < 1.29 is 14.7 Å². The van der Waals surface area contributed by atoms with Gasteiger partial charge in [0.05, 0.1) is 6.54 Å². The van der Waals surface area contributed by atoms with Gasteiger partial charge in [0, 0.05) is 10.6 Å². The molecule has 1 atom stereocenters. The molecule has 4 N–H and O–H groups in total. The molecule has 0 aromatic heterocycles. The van der Waals surface area contributed by atoms with Crippen molar-refractivity contribution >= 4 is 23.4 Å². The monoisotopic (exact) mass is 242 g/mol. The second kappa shape index (κ2) is 5.48. The first-order chi connectivity index (χ1) is 7.50. The summed E-state index contributed by atoms with van der Waals surface area (Å²) in [4.78, 5) is 22.0. The van der Waals surface area contributed by atoms with Crippen molar-refractivity contribution in [3.8, 4) is 0 Å². The lowest BCUT2D eigenvalue weighted by molar-refractivity contribution is -0.125. The first-order valence-electron chi connectivity index (χ1n) is 4.52.